The van der Waals surface area contributed by atoms with Crippen LogP contribution in [-0.2, 0) is 0 Å². The smallest absolute Gasteiger partial charge is 0.207 e. The van der Waals surface area contributed by atoms with E-state index in [-0.39, 0.29) is 0 Å². The molecule has 0 amide bonds. The van der Waals surface area contributed by atoms with E-state index in [0.29, 0.717) is 0 Å². The van der Waals surface area contributed by atoms with Crippen molar-refractivity contribution < 1.29 is 0 Å². The Morgan fingerprint density at radius 3 is 2.29 bits per heavy atom. The van der Waals surface area contributed by atoms with Crippen molar-refractivity contribution in [1.82, 2.24) is 9.55 Å². The van der Waals surface area contributed by atoms with Gasteiger partial charge in [-0.1, -0.05) is 42.5 Å². The third kappa shape index (κ3) is 2.82. The van der Waals surface area contributed by atoms with Gasteiger partial charge in [0.1, 0.15) is 0 Å². The molecule has 3 rings (SSSR count). The summed E-state index contributed by atoms with van der Waals surface area (Å²) in [4.78, 5) is 4.51. The second-order valence-electron chi connectivity index (χ2n) is 5.02. The highest BCUT2D eigenvalue weighted by molar-refractivity contribution is 5.64. The summed E-state index contributed by atoms with van der Waals surface area (Å²) in [6.07, 6.45) is 2.05. The maximum absolute atomic E-state index is 4.51. The summed E-state index contributed by atoms with van der Waals surface area (Å²) in [5.41, 5.74) is 4.59. The first-order chi connectivity index (χ1) is 10.3. The van der Waals surface area contributed by atoms with Gasteiger partial charge in [0.2, 0.25) is 5.95 Å². The molecule has 0 spiro atoms. The molecule has 0 radical (unpaired) electrons. The molecule has 0 fully saturated rings. The zero-order chi connectivity index (χ0) is 14.7. The average Bonchev–Trinajstić information content (AvgIpc) is 2.89. The van der Waals surface area contributed by atoms with Crippen LogP contribution in [0.15, 0.2) is 60.8 Å². The fraction of sp³-hybridized carbons (Fsp3) is 0.167. The topological polar surface area (TPSA) is 29.9 Å². The van der Waals surface area contributed by atoms with Crippen molar-refractivity contribution in [2.75, 3.05) is 11.9 Å². The van der Waals surface area contributed by atoms with Gasteiger partial charge in [0, 0.05) is 18.4 Å². The number of aryl methyl sites for hydroxylation is 1. The highest BCUT2D eigenvalue weighted by atomic mass is 15.2. The van der Waals surface area contributed by atoms with E-state index in [4.69, 9.17) is 0 Å². The second-order valence-corrected chi connectivity index (χ2v) is 5.02. The molecule has 0 aliphatic carbocycles. The van der Waals surface area contributed by atoms with Crippen molar-refractivity contribution in [3.8, 4) is 16.8 Å². The molecule has 0 saturated heterocycles. The van der Waals surface area contributed by atoms with Gasteiger partial charge in [-0.05, 0) is 37.1 Å². The van der Waals surface area contributed by atoms with Crippen LogP contribution >= 0.6 is 0 Å². The fourth-order valence-electron chi connectivity index (χ4n) is 2.42. The summed E-state index contributed by atoms with van der Waals surface area (Å²) in [6.45, 7) is 4.95. The van der Waals surface area contributed by atoms with Crippen LogP contribution in [0.25, 0.3) is 16.8 Å². The third-order valence-corrected chi connectivity index (χ3v) is 3.41. The van der Waals surface area contributed by atoms with Crippen LogP contribution in [0, 0.1) is 6.92 Å². The molecule has 3 aromatic rings. The van der Waals surface area contributed by atoms with E-state index in [0.717, 1.165) is 23.9 Å². The van der Waals surface area contributed by atoms with Crippen LogP contribution in [0.3, 0.4) is 0 Å². The van der Waals surface area contributed by atoms with Crippen LogP contribution in [0.2, 0.25) is 0 Å². The first kappa shape index (κ1) is 13.4. The molecule has 3 heteroatoms. The maximum Gasteiger partial charge on any atom is 0.207 e. The summed E-state index contributed by atoms with van der Waals surface area (Å²) in [7, 11) is 0. The summed E-state index contributed by atoms with van der Waals surface area (Å²) >= 11 is 0. The monoisotopic (exact) mass is 277 g/mol. The first-order valence-corrected chi connectivity index (χ1v) is 7.23. The molecule has 0 aliphatic heterocycles. The van der Waals surface area contributed by atoms with Gasteiger partial charge in [-0.3, -0.25) is 4.57 Å². The van der Waals surface area contributed by atoms with Crippen molar-refractivity contribution in [2.45, 2.75) is 13.8 Å². The normalized spacial score (nSPS) is 10.6. The molecule has 1 heterocycles. The number of nitrogens with one attached hydrogen (secondary N) is 1. The SMILES string of the molecule is CCNc1nc(C)cn1-c1ccc(-c2ccccc2)cc1. The number of imidazole rings is 1. The lowest BCUT2D eigenvalue weighted by Gasteiger charge is -2.09. The third-order valence-electron chi connectivity index (χ3n) is 3.41. The molecular formula is C18H19N3. The summed E-state index contributed by atoms with van der Waals surface area (Å²) in [5, 5.41) is 3.29. The average molecular weight is 277 g/mol. The standard InChI is InChI=1S/C18H19N3/c1-3-19-18-20-14(2)13-21(18)17-11-9-16(10-12-17)15-7-5-4-6-8-15/h4-13H,3H2,1-2H3,(H,19,20). The lowest BCUT2D eigenvalue weighted by atomic mass is 10.1. The molecule has 1 N–H and O–H groups in total. The molecule has 21 heavy (non-hydrogen) atoms. The molecule has 0 aliphatic rings. The highest BCUT2D eigenvalue weighted by Gasteiger charge is 2.06. The van der Waals surface area contributed by atoms with Gasteiger partial charge in [0.15, 0.2) is 0 Å². The minimum absolute atomic E-state index is 0.860. The molecular weight excluding hydrogens is 258 g/mol. The molecule has 1 aromatic heterocycles. The lowest BCUT2D eigenvalue weighted by Crippen LogP contribution is -2.04. The van der Waals surface area contributed by atoms with E-state index in [9.17, 15) is 0 Å². The van der Waals surface area contributed by atoms with Crippen LogP contribution in [0.4, 0.5) is 5.95 Å². The van der Waals surface area contributed by atoms with Crippen molar-refractivity contribution in [3.63, 3.8) is 0 Å². The Morgan fingerprint density at radius 1 is 0.952 bits per heavy atom. The number of nitrogens with zero attached hydrogens (tertiary/aromatic N) is 2. The van der Waals surface area contributed by atoms with E-state index in [1.165, 1.54) is 11.1 Å². The zero-order valence-corrected chi connectivity index (χ0v) is 12.4. The molecule has 2 aromatic carbocycles. The lowest BCUT2D eigenvalue weighted by molar-refractivity contribution is 1.02. The fourth-order valence-corrected chi connectivity index (χ4v) is 2.42. The maximum atomic E-state index is 4.51. The van der Waals surface area contributed by atoms with Crippen molar-refractivity contribution in [1.29, 1.82) is 0 Å². The number of aromatic nitrogens is 2. The number of hydrogen-bond donors (Lipinski definition) is 1. The first-order valence-electron chi connectivity index (χ1n) is 7.23. The van der Waals surface area contributed by atoms with Gasteiger partial charge in [0.25, 0.3) is 0 Å². The predicted octanol–water partition coefficient (Wildman–Crippen LogP) is 4.28. The Labute approximate surface area is 125 Å². The highest BCUT2D eigenvalue weighted by Crippen LogP contribution is 2.22. The van der Waals surface area contributed by atoms with Crippen LogP contribution in [0.1, 0.15) is 12.6 Å². The Hall–Kier alpha value is -2.55. The Bertz CT molecular complexity index is 712. The molecule has 0 saturated carbocycles. The van der Waals surface area contributed by atoms with Crippen LogP contribution < -0.4 is 5.32 Å². The largest absolute Gasteiger partial charge is 0.356 e. The van der Waals surface area contributed by atoms with Gasteiger partial charge in [-0.2, -0.15) is 0 Å². The molecule has 106 valence electrons. The van der Waals surface area contributed by atoms with E-state index in [1.807, 2.05) is 13.0 Å². The summed E-state index contributed by atoms with van der Waals surface area (Å²) in [6, 6.07) is 19.0. The summed E-state index contributed by atoms with van der Waals surface area (Å²) in [5.74, 6) is 0.891. The number of benzene rings is 2. The van der Waals surface area contributed by atoms with Crippen LogP contribution in [-0.4, -0.2) is 16.1 Å². The van der Waals surface area contributed by atoms with Gasteiger partial charge >= 0.3 is 0 Å². The molecule has 0 atom stereocenters. The van der Waals surface area contributed by atoms with E-state index >= 15 is 0 Å². The molecule has 3 nitrogen and oxygen atoms in total. The number of rotatable bonds is 4. The van der Waals surface area contributed by atoms with Crippen molar-refractivity contribution in [2.24, 2.45) is 0 Å². The Balaban J connectivity index is 1.94. The van der Waals surface area contributed by atoms with Gasteiger partial charge in [0.05, 0.1) is 5.69 Å². The van der Waals surface area contributed by atoms with E-state index < -0.39 is 0 Å². The summed E-state index contributed by atoms with van der Waals surface area (Å²) < 4.78 is 2.09. The second kappa shape index (κ2) is 5.83. The van der Waals surface area contributed by atoms with E-state index in [1.54, 1.807) is 0 Å². The van der Waals surface area contributed by atoms with Crippen LogP contribution in [0.5, 0.6) is 0 Å². The van der Waals surface area contributed by atoms with Gasteiger partial charge in [-0.15, -0.1) is 0 Å². The number of anilines is 1. The van der Waals surface area contributed by atoms with E-state index in [2.05, 4.69) is 76.5 Å². The molecule has 0 bridgehead atoms. The predicted molar refractivity (Wildman–Crippen MR) is 87.9 cm³/mol. The quantitative estimate of drug-likeness (QED) is 0.771. The van der Waals surface area contributed by atoms with Gasteiger partial charge in [-0.25, -0.2) is 4.98 Å². The van der Waals surface area contributed by atoms with Crippen molar-refractivity contribution >= 4 is 5.95 Å². The minimum atomic E-state index is 0.860. The number of hydrogen-bond acceptors (Lipinski definition) is 2. The minimum Gasteiger partial charge on any atom is -0.356 e. The Morgan fingerprint density at radius 2 is 1.62 bits per heavy atom. The van der Waals surface area contributed by atoms with Gasteiger partial charge < -0.3 is 5.32 Å². The van der Waals surface area contributed by atoms with Crippen molar-refractivity contribution in [3.05, 3.63) is 66.5 Å². The molecule has 0 unspecified atom stereocenters. The zero-order valence-electron chi connectivity index (χ0n) is 12.4. The Kier molecular flexibility index (Phi) is 3.73.